The van der Waals surface area contributed by atoms with E-state index in [0.717, 1.165) is 5.69 Å². The van der Waals surface area contributed by atoms with Crippen LogP contribution in [0.2, 0.25) is 0 Å². The molecule has 1 aromatic heterocycles. The van der Waals surface area contributed by atoms with Gasteiger partial charge in [0.1, 0.15) is 0 Å². The average molecular weight is 475 g/mol. The molecule has 33 heavy (non-hydrogen) atoms. The third kappa shape index (κ3) is 6.12. The lowest BCUT2D eigenvalue weighted by molar-refractivity contribution is -0.113. The Morgan fingerprint density at radius 2 is 1.33 bits per heavy atom. The largest absolute Gasteiger partial charge is 0.325 e. The average Bonchev–Trinajstić information content (AvgIpc) is 3.31. The molecule has 0 fully saturated rings. The molecule has 4 rings (SSSR count). The van der Waals surface area contributed by atoms with Crippen molar-refractivity contribution in [3.8, 4) is 0 Å². The second-order valence-electron chi connectivity index (χ2n) is 6.80. The highest BCUT2D eigenvalue weighted by Gasteiger charge is 2.14. The van der Waals surface area contributed by atoms with Crippen LogP contribution in [0.25, 0.3) is 0 Å². The summed E-state index contributed by atoms with van der Waals surface area (Å²) in [7, 11) is 0. The number of benzene rings is 3. The molecular weight excluding hydrogens is 456 g/mol. The number of rotatable bonds is 8. The lowest BCUT2D eigenvalue weighted by Gasteiger charge is -2.04. The number of hydrogen-bond donors (Lipinski definition) is 2. The van der Waals surface area contributed by atoms with E-state index >= 15 is 0 Å². The maximum atomic E-state index is 12.5. The molecule has 2 amide bonds. The van der Waals surface area contributed by atoms with Crippen molar-refractivity contribution < 1.29 is 14.4 Å². The van der Waals surface area contributed by atoms with Crippen LogP contribution in [0.1, 0.15) is 26.3 Å². The molecule has 0 radical (unpaired) electrons. The van der Waals surface area contributed by atoms with Gasteiger partial charge in [-0.1, -0.05) is 83.8 Å². The maximum Gasteiger partial charge on any atom is 0.257 e. The molecule has 164 valence electrons. The van der Waals surface area contributed by atoms with E-state index in [4.69, 9.17) is 0 Å². The Morgan fingerprint density at radius 3 is 2.03 bits per heavy atom. The highest BCUT2D eigenvalue weighted by molar-refractivity contribution is 8.01. The Morgan fingerprint density at radius 1 is 0.727 bits per heavy atom. The van der Waals surface area contributed by atoms with E-state index in [9.17, 15) is 14.4 Å². The van der Waals surface area contributed by atoms with E-state index in [0.29, 0.717) is 26.2 Å². The van der Waals surface area contributed by atoms with Gasteiger partial charge >= 0.3 is 0 Å². The number of nitrogens with one attached hydrogen (secondary N) is 2. The fraction of sp³-hybridized carbons (Fsp3) is 0.0417. The topological polar surface area (TPSA) is 101 Å². The molecule has 7 nitrogen and oxygen atoms in total. The molecule has 0 spiro atoms. The quantitative estimate of drug-likeness (QED) is 0.217. The van der Waals surface area contributed by atoms with Gasteiger partial charge in [-0.15, -0.1) is 10.2 Å². The summed E-state index contributed by atoms with van der Waals surface area (Å²) in [5.74, 6) is -0.445. The van der Waals surface area contributed by atoms with Crippen molar-refractivity contribution >= 4 is 51.5 Å². The number of thioether (sulfide) groups is 1. The van der Waals surface area contributed by atoms with E-state index < -0.39 is 0 Å². The molecule has 0 atom stereocenters. The molecule has 0 saturated carbocycles. The monoisotopic (exact) mass is 474 g/mol. The van der Waals surface area contributed by atoms with Gasteiger partial charge in [0.15, 0.2) is 10.1 Å². The summed E-state index contributed by atoms with van der Waals surface area (Å²) in [6.45, 7) is 0. The molecule has 0 aliphatic rings. The maximum absolute atomic E-state index is 12.5. The number of amides is 2. The van der Waals surface area contributed by atoms with Crippen LogP contribution in [0, 0.1) is 0 Å². The van der Waals surface area contributed by atoms with E-state index in [1.807, 2.05) is 36.4 Å². The normalized spacial score (nSPS) is 10.4. The van der Waals surface area contributed by atoms with Gasteiger partial charge in [-0.05, 0) is 24.3 Å². The van der Waals surface area contributed by atoms with Crippen molar-refractivity contribution in [2.24, 2.45) is 0 Å². The molecule has 3 aromatic carbocycles. The minimum absolute atomic E-state index is 0.107. The zero-order valence-electron chi connectivity index (χ0n) is 17.2. The Hall–Kier alpha value is -3.82. The van der Waals surface area contributed by atoms with Gasteiger partial charge in [0.05, 0.1) is 5.75 Å². The van der Waals surface area contributed by atoms with Crippen LogP contribution >= 0.6 is 23.1 Å². The summed E-state index contributed by atoms with van der Waals surface area (Å²) in [5.41, 5.74) is 2.21. The van der Waals surface area contributed by atoms with E-state index in [1.165, 1.54) is 23.1 Å². The molecule has 1 heterocycles. The van der Waals surface area contributed by atoms with Crippen molar-refractivity contribution in [1.82, 2.24) is 10.2 Å². The first-order chi connectivity index (χ1) is 16.1. The summed E-state index contributed by atoms with van der Waals surface area (Å²) in [5, 5.41) is 13.8. The number of anilines is 2. The molecule has 0 aliphatic carbocycles. The number of para-hydroxylation sites is 1. The standard InChI is InChI=1S/C24H18N4O3S2/c29-20(25-19-9-5-2-6-10-19)15-32-24-28-27-23(33-24)26-22(31)18-13-11-17(12-14-18)21(30)16-7-3-1-4-8-16/h1-14H,15H2,(H,25,29)(H,26,27,31). The van der Waals surface area contributed by atoms with E-state index in [2.05, 4.69) is 20.8 Å². The van der Waals surface area contributed by atoms with Crippen molar-refractivity contribution in [3.63, 3.8) is 0 Å². The van der Waals surface area contributed by atoms with Crippen molar-refractivity contribution in [2.45, 2.75) is 4.34 Å². The molecule has 0 aliphatic heterocycles. The summed E-state index contributed by atoms with van der Waals surface area (Å²) in [4.78, 5) is 37.1. The van der Waals surface area contributed by atoms with Crippen molar-refractivity contribution in [1.29, 1.82) is 0 Å². The number of ketones is 1. The van der Waals surface area contributed by atoms with Crippen LogP contribution in [-0.4, -0.2) is 33.5 Å². The van der Waals surface area contributed by atoms with Crippen LogP contribution in [0.4, 0.5) is 10.8 Å². The predicted octanol–water partition coefficient (Wildman–Crippen LogP) is 4.75. The van der Waals surface area contributed by atoms with Crippen LogP contribution in [0.15, 0.2) is 89.3 Å². The summed E-state index contributed by atoms with van der Waals surface area (Å²) in [6, 6.07) is 24.6. The Kier molecular flexibility index (Phi) is 7.23. The summed E-state index contributed by atoms with van der Waals surface area (Å²) in [6.07, 6.45) is 0. The number of aromatic nitrogens is 2. The Bertz CT molecular complexity index is 1260. The first-order valence-corrected chi connectivity index (χ1v) is 11.7. The van der Waals surface area contributed by atoms with Crippen LogP contribution < -0.4 is 10.6 Å². The number of carbonyl (C=O) groups is 3. The first-order valence-electron chi connectivity index (χ1n) is 9.91. The van der Waals surface area contributed by atoms with Gasteiger partial charge in [-0.25, -0.2) is 0 Å². The second kappa shape index (κ2) is 10.7. The third-order valence-corrected chi connectivity index (χ3v) is 6.43. The summed E-state index contributed by atoms with van der Waals surface area (Å²) >= 11 is 2.42. The highest BCUT2D eigenvalue weighted by atomic mass is 32.2. The van der Waals surface area contributed by atoms with Gasteiger partial charge in [0.2, 0.25) is 11.0 Å². The second-order valence-corrected chi connectivity index (χ2v) is 9.00. The van der Waals surface area contributed by atoms with Crippen LogP contribution in [-0.2, 0) is 4.79 Å². The zero-order valence-corrected chi connectivity index (χ0v) is 18.9. The fourth-order valence-corrected chi connectivity index (χ4v) is 4.41. The van der Waals surface area contributed by atoms with Crippen LogP contribution in [0.3, 0.4) is 0 Å². The smallest absolute Gasteiger partial charge is 0.257 e. The van der Waals surface area contributed by atoms with Gasteiger partial charge in [-0.3, -0.25) is 19.7 Å². The van der Waals surface area contributed by atoms with Crippen LogP contribution in [0.5, 0.6) is 0 Å². The van der Waals surface area contributed by atoms with Gasteiger partial charge in [-0.2, -0.15) is 0 Å². The third-order valence-electron chi connectivity index (χ3n) is 4.46. The number of nitrogens with zero attached hydrogens (tertiary/aromatic N) is 2. The minimum atomic E-state index is -0.358. The molecule has 0 saturated heterocycles. The van der Waals surface area contributed by atoms with Crippen molar-refractivity contribution in [2.75, 3.05) is 16.4 Å². The molecular formula is C24H18N4O3S2. The predicted molar refractivity (Wildman–Crippen MR) is 130 cm³/mol. The van der Waals surface area contributed by atoms with E-state index in [-0.39, 0.29) is 23.4 Å². The lowest BCUT2D eigenvalue weighted by Crippen LogP contribution is -2.13. The fourth-order valence-electron chi connectivity index (χ4n) is 2.86. The number of carbonyl (C=O) groups excluding carboxylic acids is 3. The SMILES string of the molecule is O=C(CSc1nnc(NC(=O)c2ccc(C(=O)c3ccccc3)cc2)s1)Nc1ccccc1. The zero-order chi connectivity index (χ0) is 23.0. The van der Waals surface area contributed by atoms with E-state index in [1.54, 1.807) is 48.5 Å². The first kappa shape index (κ1) is 22.4. The Labute approximate surface area is 198 Å². The van der Waals surface area contributed by atoms with Gasteiger partial charge in [0.25, 0.3) is 5.91 Å². The molecule has 2 N–H and O–H groups in total. The molecule has 4 aromatic rings. The van der Waals surface area contributed by atoms with Gasteiger partial charge < -0.3 is 5.32 Å². The van der Waals surface area contributed by atoms with Crippen molar-refractivity contribution in [3.05, 3.63) is 102 Å². The molecule has 9 heteroatoms. The highest BCUT2D eigenvalue weighted by Crippen LogP contribution is 2.26. The minimum Gasteiger partial charge on any atom is -0.325 e. The number of hydrogen-bond acceptors (Lipinski definition) is 7. The molecule has 0 unspecified atom stereocenters. The van der Waals surface area contributed by atoms with Gasteiger partial charge in [0, 0.05) is 22.4 Å². The summed E-state index contributed by atoms with van der Waals surface area (Å²) < 4.78 is 0.567. The molecule has 0 bridgehead atoms. The lowest BCUT2D eigenvalue weighted by atomic mass is 10.0. The Balaban J connectivity index is 1.30.